The van der Waals surface area contributed by atoms with Crippen molar-refractivity contribution < 1.29 is 23.7 Å². The number of ether oxygens (including phenoxy) is 5. The van der Waals surface area contributed by atoms with Gasteiger partial charge in [0.15, 0.2) is 0 Å². The van der Waals surface area contributed by atoms with Gasteiger partial charge in [0.2, 0.25) is 0 Å². The van der Waals surface area contributed by atoms with Crippen molar-refractivity contribution in [3.63, 3.8) is 0 Å². The van der Waals surface area contributed by atoms with Crippen molar-refractivity contribution in [1.29, 1.82) is 0 Å². The summed E-state index contributed by atoms with van der Waals surface area (Å²) < 4.78 is 30.2. The molecule has 2 atom stereocenters. The van der Waals surface area contributed by atoms with Gasteiger partial charge in [-0.15, -0.1) is 0 Å². The Morgan fingerprint density at radius 1 is 1.03 bits per heavy atom. The zero-order chi connectivity index (χ0) is 21.7. The van der Waals surface area contributed by atoms with E-state index in [1.807, 2.05) is 18.2 Å². The summed E-state index contributed by atoms with van der Waals surface area (Å²) in [5, 5.41) is 0. The molecule has 0 bridgehead atoms. The maximum Gasteiger partial charge on any atom is 0.138 e. The van der Waals surface area contributed by atoms with E-state index in [4.69, 9.17) is 23.7 Å². The van der Waals surface area contributed by atoms with Crippen LogP contribution in [0.2, 0.25) is 0 Å². The van der Waals surface area contributed by atoms with Crippen LogP contribution in [-0.2, 0) is 4.74 Å². The van der Waals surface area contributed by atoms with Crippen LogP contribution in [0.25, 0.3) is 6.08 Å². The monoisotopic (exact) mass is 435 g/mol. The van der Waals surface area contributed by atoms with Gasteiger partial charge in [0, 0.05) is 48.5 Å². The summed E-state index contributed by atoms with van der Waals surface area (Å²) >= 11 is 0. The summed E-state index contributed by atoms with van der Waals surface area (Å²) in [4.78, 5) is 2.37. The van der Waals surface area contributed by atoms with E-state index in [2.05, 4.69) is 43.0 Å². The van der Waals surface area contributed by atoms with E-state index in [0.29, 0.717) is 13.2 Å². The lowest BCUT2D eigenvalue weighted by molar-refractivity contribution is 0.0322. The Morgan fingerprint density at radius 3 is 2.78 bits per heavy atom. The number of morpholine rings is 1. The van der Waals surface area contributed by atoms with E-state index in [-0.39, 0.29) is 17.6 Å². The molecule has 4 aliphatic rings. The zero-order valence-electron chi connectivity index (χ0n) is 18.6. The van der Waals surface area contributed by atoms with Gasteiger partial charge in [0.1, 0.15) is 41.3 Å². The fourth-order valence-electron chi connectivity index (χ4n) is 4.92. The summed E-state index contributed by atoms with van der Waals surface area (Å²) in [6, 6.07) is 10.4. The minimum Gasteiger partial charge on any atom is -0.492 e. The molecule has 0 amide bonds. The van der Waals surface area contributed by atoms with Gasteiger partial charge in [0.25, 0.3) is 0 Å². The summed E-state index contributed by atoms with van der Waals surface area (Å²) in [6.07, 6.45) is 4.17. The molecule has 1 saturated heterocycles. The molecule has 1 fully saturated rings. The molecule has 4 aliphatic heterocycles. The van der Waals surface area contributed by atoms with Crippen molar-refractivity contribution in [3.8, 4) is 23.0 Å². The predicted octanol–water partition coefficient (Wildman–Crippen LogP) is 4.19. The minimum atomic E-state index is -0.309. The molecule has 2 aromatic rings. The number of benzene rings is 2. The molecule has 6 heteroatoms. The van der Waals surface area contributed by atoms with Crippen LogP contribution in [0.5, 0.6) is 23.0 Å². The first kappa shape index (κ1) is 19.9. The second-order valence-corrected chi connectivity index (χ2v) is 9.42. The molecule has 168 valence electrons. The second-order valence-electron chi connectivity index (χ2n) is 9.42. The van der Waals surface area contributed by atoms with Gasteiger partial charge in [0.05, 0.1) is 25.7 Å². The Kier molecular flexibility index (Phi) is 4.81. The molecule has 0 N–H and O–H groups in total. The molecule has 0 spiro atoms. The number of hydrogen-bond donors (Lipinski definition) is 0. The molecule has 4 heterocycles. The van der Waals surface area contributed by atoms with Crippen molar-refractivity contribution >= 4 is 6.08 Å². The van der Waals surface area contributed by atoms with Gasteiger partial charge < -0.3 is 23.7 Å². The molecule has 0 unspecified atom stereocenters. The lowest BCUT2D eigenvalue weighted by Crippen LogP contribution is -2.38. The normalized spacial score (nSPS) is 24.8. The Morgan fingerprint density at radius 2 is 1.91 bits per heavy atom. The van der Waals surface area contributed by atoms with E-state index in [1.54, 1.807) is 0 Å². The molecule has 0 aliphatic carbocycles. The molecule has 0 aromatic heterocycles. The lowest BCUT2D eigenvalue weighted by Gasteiger charge is -2.32. The van der Waals surface area contributed by atoms with Crippen LogP contribution in [0.3, 0.4) is 0 Å². The summed E-state index contributed by atoms with van der Waals surface area (Å²) in [6.45, 7) is 9.84. The van der Waals surface area contributed by atoms with Crippen LogP contribution >= 0.6 is 0 Å². The summed E-state index contributed by atoms with van der Waals surface area (Å²) in [5.74, 6) is 3.64. The standard InChI is InChI=1S/C26H29NO5/c1-26(2)6-5-17-13-20-23(15-22(17)32-26)30-16-21-19-4-3-18(14-24(19)31-25(20)21)29-12-9-27-7-10-28-11-8-27/h3-6,13-15,21,25H,7-12,16H2,1-2H3/t21-,25-/m0/s1. The number of nitrogens with zero attached hydrogens (tertiary/aromatic N) is 1. The molecule has 2 aromatic carbocycles. The van der Waals surface area contributed by atoms with Crippen LogP contribution in [-0.4, -0.2) is 56.6 Å². The van der Waals surface area contributed by atoms with Crippen LogP contribution in [0.1, 0.15) is 42.6 Å². The third kappa shape index (κ3) is 3.61. The molecule has 0 radical (unpaired) electrons. The molecule has 32 heavy (non-hydrogen) atoms. The summed E-state index contributed by atoms with van der Waals surface area (Å²) in [5.41, 5.74) is 3.03. The third-order valence-corrected chi connectivity index (χ3v) is 6.69. The topological polar surface area (TPSA) is 49.4 Å². The van der Waals surface area contributed by atoms with Crippen molar-refractivity contribution in [2.45, 2.75) is 31.5 Å². The first-order chi connectivity index (χ1) is 15.6. The number of fused-ring (bicyclic) bond motifs is 6. The average Bonchev–Trinajstić information content (AvgIpc) is 3.16. The Bertz CT molecular complexity index is 1060. The van der Waals surface area contributed by atoms with E-state index >= 15 is 0 Å². The summed E-state index contributed by atoms with van der Waals surface area (Å²) in [7, 11) is 0. The molecule has 0 saturated carbocycles. The van der Waals surface area contributed by atoms with Crippen LogP contribution < -0.4 is 18.9 Å². The Labute approximate surface area is 188 Å². The maximum atomic E-state index is 6.45. The quantitative estimate of drug-likeness (QED) is 0.718. The highest BCUT2D eigenvalue weighted by molar-refractivity contribution is 5.66. The lowest BCUT2D eigenvalue weighted by atomic mass is 9.88. The number of rotatable bonds is 4. The average molecular weight is 436 g/mol. The van der Waals surface area contributed by atoms with Crippen molar-refractivity contribution in [2.75, 3.05) is 46.1 Å². The fraction of sp³-hybridized carbons (Fsp3) is 0.462. The Balaban J connectivity index is 1.19. The molecular weight excluding hydrogens is 406 g/mol. The molecule has 6 nitrogen and oxygen atoms in total. The van der Waals surface area contributed by atoms with E-state index in [9.17, 15) is 0 Å². The first-order valence-corrected chi connectivity index (χ1v) is 11.5. The van der Waals surface area contributed by atoms with Gasteiger partial charge >= 0.3 is 0 Å². The van der Waals surface area contributed by atoms with Crippen molar-refractivity contribution in [2.24, 2.45) is 0 Å². The molecular formula is C26H29NO5. The van der Waals surface area contributed by atoms with Gasteiger partial charge in [-0.3, -0.25) is 4.90 Å². The first-order valence-electron chi connectivity index (χ1n) is 11.5. The smallest absolute Gasteiger partial charge is 0.138 e. The fourth-order valence-corrected chi connectivity index (χ4v) is 4.92. The number of hydrogen-bond acceptors (Lipinski definition) is 6. The van der Waals surface area contributed by atoms with Crippen LogP contribution in [0.15, 0.2) is 36.4 Å². The van der Waals surface area contributed by atoms with E-state index in [0.717, 1.165) is 67.0 Å². The van der Waals surface area contributed by atoms with Gasteiger partial charge in [-0.2, -0.15) is 0 Å². The second kappa shape index (κ2) is 7.71. The predicted molar refractivity (Wildman–Crippen MR) is 121 cm³/mol. The zero-order valence-corrected chi connectivity index (χ0v) is 18.6. The van der Waals surface area contributed by atoms with E-state index < -0.39 is 0 Å². The van der Waals surface area contributed by atoms with Crippen LogP contribution in [0.4, 0.5) is 0 Å². The van der Waals surface area contributed by atoms with Crippen LogP contribution in [0, 0.1) is 0 Å². The van der Waals surface area contributed by atoms with E-state index in [1.165, 1.54) is 5.56 Å². The van der Waals surface area contributed by atoms with Gasteiger partial charge in [-0.25, -0.2) is 0 Å². The van der Waals surface area contributed by atoms with Gasteiger partial charge in [-0.05, 0) is 32.1 Å². The minimum absolute atomic E-state index is 0.0500. The third-order valence-electron chi connectivity index (χ3n) is 6.69. The molecule has 6 rings (SSSR count). The maximum absolute atomic E-state index is 6.45. The highest BCUT2D eigenvalue weighted by Gasteiger charge is 2.41. The van der Waals surface area contributed by atoms with Crippen molar-refractivity contribution in [3.05, 3.63) is 53.1 Å². The van der Waals surface area contributed by atoms with Crippen molar-refractivity contribution in [1.82, 2.24) is 4.90 Å². The highest BCUT2D eigenvalue weighted by atomic mass is 16.5. The highest BCUT2D eigenvalue weighted by Crippen LogP contribution is 2.53. The largest absolute Gasteiger partial charge is 0.492 e. The van der Waals surface area contributed by atoms with Gasteiger partial charge in [-0.1, -0.05) is 12.1 Å². The SMILES string of the molecule is CC1(C)C=Cc2cc3c(cc2O1)OC[C@H]1c2ccc(OCCN4CCOCC4)cc2O[C@@H]31. The Hall–Kier alpha value is -2.70.